The fraction of sp³-hybridized carbons (Fsp3) is 0.324. The van der Waals surface area contributed by atoms with Crippen molar-refractivity contribution in [2.75, 3.05) is 35.5 Å². The van der Waals surface area contributed by atoms with Crippen LogP contribution in [0.1, 0.15) is 110 Å². The quantitative estimate of drug-likeness (QED) is 0.0597. The predicted molar refractivity (Wildman–Crippen MR) is 349 cm³/mol. The zero-order valence-corrected chi connectivity index (χ0v) is 54.4. The third kappa shape index (κ3) is 17.3. The maximum absolute atomic E-state index is 10.4. The number of phenols is 11. The van der Waals surface area contributed by atoms with Crippen molar-refractivity contribution >= 4 is 0 Å². The van der Waals surface area contributed by atoms with Gasteiger partial charge in [-0.05, 0) is 70.8 Å². The molecule has 12 rings (SSSR count). The highest BCUT2D eigenvalue weighted by molar-refractivity contribution is 5.57. The van der Waals surface area contributed by atoms with Gasteiger partial charge >= 0.3 is 0 Å². The molecule has 0 spiro atoms. The van der Waals surface area contributed by atoms with Crippen LogP contribution in [-0.4, -0.2) is 137 Å². The smallest absolute Gasteiger partial charge is 0.160 e. The first-order chi connectivity index (χ1) is 45.5. The summed E-state index contributed by atoms with van der Waals surface area (Å²) in [6, 6.07) is 29.6. The number of rotatable bonds is 9. The first kappa shape index (κ1) is 73.6. The lowest BCUT2D eigenvalue weighted by atomic mass is 9.94. The molecule has 24 nitrogen and oxygen atoms in total. The Morgan fingerprint density at radius 3 is 0.937 bits per heavy atom. The second-order valence-electron chi connectivity index (χ2n) is 20.9. The number of aliphatic hydroxyl groups excluding tert-OH is 4. The average Bonchev–Trinajstić information content (AvgIpc) is 0.810. The second kappa shape index (κ2) is 33.4. The summed E-state index contributed by atoms with van der Waals surface area (Å²) in [6.45, 7) is 12.0. The summed E-state index contributed by atoms with van der Waals surface area (Å²) in [6.07, 6.45) is -5.20. The Morgan fingerprint density at radius 1 is 0.274 bits per heavy atom. The van der Waals surface area contributed by atoms with Crippen molar-refractivity contribution in [2.45, 2.75) is 116 Å². The van der Waals surface area contributed by atoms with Gasteiger partial charge in [0.15, 0.2) is 46.0 Å². The Hall–Kier alpha value is -10.4. The van der Waals surface area contributed by atoms with E-state index < -0.39 is 48.8 Å². The predicted octanol–water partition coefficient (Wildman–Crippen LogP) is 10.8. The topological polar surface area (TPSA) is 387 Å². The van der Waals surface area contributed by atoms with Gasteiger partial charge in [0.2, 0.25) is 0 Å². The largest absolute Gasteiger partial charge is 0.508 e. The van der Waals surface area contributed by atoms with Gasteiger partial charge < -0.3 is 119 Å². The van der Waals surface area contributed by atoms with Crippen LogP contribution in [-0.2, 0) is 25.7 Å². The summed E-state index contributed by atoms with van der Waals surface area (Å²) >= 11 is 0. The standard InChI is InChI=1S/C17H18O6.3C16H16O6.3C2H6/c1-21-10-6-15(22-2)11-8-14(20)17(23-16(11)7-10)9-3-4-12(18)13(19)5-9;1-21-15-4-8(2-3-11(15)18)16-13(20)7-10-12(19)5-9(17)6-14(10)22-16;1-21-9-5-12(18)10-7-14(20)16(22-15(10)6-9)8-2-3-11(17)13(19)4-8;1-21-14-5-9(17)6-15-10(14)7-13(20)16(22-15)8-2-3-11(18)12(19)4-8;3*1-2/h3-7,14,17-20H,8H2,1-2H3;2-6,13,16-20H,7H2,1H3;2-6,14,16-20H,7H2,1H3;2-6,13,16-20H,7H2,1H3;3*1-2H3/t14-,17-;13-,16-;14-,16-;13-,16-;;;/m1111.../s1. The van der Waals surface area contributed by atoms with Crippen LogP contribution in [0, 0.1) is 0 Å². The molecular weight excluding hydrogens is 1240 g/mol. The molecule has 95 heavy (non-hydrogen) atoms. The molecule has 0 aromatic heterocycles. The van der Waals surface area contributed by atoms with Gasteiger partial charge in [0.1, 0.15) is 93.4 Å². The SMILES string of the molecule is CC.CC.CC.COc1cc(O)c2c(c1)O[C@H](c1ccc(O)c(O)c1)[C@H](O)C2.COc1cc(O)cc2c1C[C@@H](O)[C@@H](c1ccc(O)c(O)c1)O2.COc1cc(OC)c2c(c1)O[C@H](c1ccc(O)c(O)c1)[C@H](O)C2.COc1cc([C@H]2Oc3cc(O)cc(O)c3C[C@H]2O)ccc1O. The summed E-state index contributed by atoms with van der Waals surface area (Å²) in [5.74, 6) is 2.28. The highest BCUT2D eigenvalue weighted by atomic mass is 16.5. The highest BCUT2D eigenvalue weighted by Crippen LogP contribution is 2.48. The summed E-state index contributed by atoms with van der Waals surface area (Å²) in [7, 11) is 7.49. The van der Waals surface area contributed by atoms with E-state index >= 15 is 0 Å². The molecule has 8 atom stereocenters. The average molecular weight is 1320 g/mol. The number of fused-ring (bicyclic) bond motifs is 4. The molecule has 0 aliphatic carbocycles. The molecule has 4 aliphatic rings. The zero-order valence-electron chi connectivity index (χ0n) is 54.4. The van der Waals surface area contributed by atoms with Gasteiger partial charge in [-0.25, -0.2) is 0 Å². The molecule has 8 aromatic carbocycles. The van der Waals surface area contributed by atoms with Crippen LogP contribution < -0.4 is 42.6 Å². The van der Waals surface area contributed by atoms with Gasteiger partial charge in [-0.1, -0.05) is 65.8 Å². The van der Waals surface area contributed by atoms with Gasteiger partial charge in [-0.15, -0.1) is 0 Å². The number of aliphatic hydroxyl groups is 4. The number of phenolic OH excluding ortho intramolecular Hbond substituents is 11. The number of benzene rings is 8. The number of methoxy groups -OCH3 is 5. The molecular formula is C71H84O24. The summed E-state index contributed by atoms with van der Waals surface area (Å²) in [5.41, 5.74) is 4.63. The first-order valence-corrected chi connectivity index (χ1v) is 30.4. The molecule has 0 bridgehead atoms. The summed E-state index contributed by atoms with van der Waals surface area (Å²) < 4.78 is 49.1. The first-order valence-electron chi connectivity index (χ1n) is 30.4. The molecule has 8 aromatic rings. The van der Waals surface area contributed by atoms with Crippen LogP contribution >= 0.6 is 0 Å². The fourth-order valence-corrected chi connectivity index (χ4v) is 10.6. The second-order valence-corrected chi connectivity index (χ2v) is 20.9. The Labute approximate surface area is 549 Å². The molecule has 0 saturated carbocycles. The minimum Gasteiger partial charge on any atom is -0.508 e. The van der Waals surface area contributed by atoms with Crippen molar-refractivity contribution in [1.82, 2.24) is 0 Å². The molecule has 4 aliphatic heterocycles. The van der Waals surface area contributed by atoms with Crippen LogP contribution in [0.3, 0.4) is 0 Å². The molecule has 0 saturated heterocycles. The number of hydrogen-bond donors (Lipinski definition) is 15. The van der Waals surface area contributed by atoms with Crippen LogP contribution in [0.4, 0.5) is 0 Å². The monoisotopic (exact) mass is 1320 g/mol. The minimum absolute atomic E-state index is 0.000373. The Bertz CT molecular complexity index is 3800. The third-order valence-electron chi connectivity index (χ3n) is 15.1. The Kier molecular flexibility index (Phi) is 25.9. The van der Waals surface area contributed by atoms with E-state index in [9.17, 15) is 76.6 Å². The fourth-order valence-electron chi connectivity index (χ4n) is 10.6. The van der Waals surface area contributed by atoms with E-state index in [2.05, 4.69) is 0 Å². The summed E-state index contributed by atoms with van der Waals surface area (Å²) in [5, 5.41) is 147. The number of hydrogen-bond acceptors (Lipinski definition) is 24. The van der Waals surface area contributed by atoms with Crippen LogP contribution in [0.2, 0.25) is 0 Å². The van der Waals surface area contributed by atoms with Crippen LogP contribution in [0.25, 0.3) is 0 Å². The van der Waals surface area contributed by atoms with E-state index in [0.29, 0.717) is 91.4 Å². The van der Waals surface area contributed by atoms with Crippen molar-refractivity contribution in [1.29, 1.82) is 0 Å². The van der Waals surface area contributed by atoms with E-state index in [1.807, 2.05) is 41.5 Å². The molecule has 0 amide bonds. The van der Waals surface area contributed by atoms with Gasteiger partial charge in [0.25, 0.3) is 0 Å². The van der Waals surface area contributed by atoms with Gasteiger partial charge in [0, 0.05) is 96.5 Å². The summed E-state index contributed by atoms with van der Waals surface area (Å²) in [4.78, 5) is 0. The van der Waals surface area contributed by atoms with E-state index in [-0.39, 0.29) is 88.3 Å². The van der Waals surface area contributed by atoms with E-state index in [1.165, 1.54) is 94.1 Å². The van der Waals surface area contributed by atoms with Gasteiger partial charge in [-0.2, -0.15) is 0 Å². The highest BCUT2D eigenvalue weighted by Gasteiger charge is 2.37. The van der Waals surface area contributed by atoms with E-state index in [0.717, 1.165) is 5.56 Å². The third-order valence-corrected chi connectivity index (χ3v) is 15.1. The molecule has 4 heterocycles. The maximum atomic E-state index is 10.4. The molecule has 0 fully saturated rings. The Morgan fingerprint density at radius 2 is 0.568 bits per heavy atom. The maximum Gasteiger partial charge on any atom is 0.160 e. The van der Waals surface area contributed by atoms with Gasteiger partial charge in [0.05, 0.1) is 60.0 Å². The number of aromatic hydroxyl groups is 11. The molecule has 15 N–H and O–H groups in total. The van der Waals surface area contributed by atoms with Crippen molar-refractivity contribution < 1.29 is 119 Å². The molecule has 512 valence electrons. The Balaban J connectivity index is 0.000000195. The van der Waals surface area contributed by atoms with E-state index in [1.54, 1.807) is 62.8 Å². The lowest BCUT2D eigenvalue weighted by Crippen LogP contribution is -2.30. The molecule has 24 heteroatoms. The minimum atomic E-state index is -0.893. The normalized spacial score (nSPS) is 18.9. The van der Waals surface area contributed by atoms with Crippen molar-refractivity contribution in [3.8, 4) is 115 Å². The van der Waals surface area contributed by atoms with Crippen LogP contribution in [0.15, 0.2) is 121 Å². The lowest BCUT2D eigenvalue weighted by molar-refractivity contribution is 0.0196. The van der Waals surface area contributed by atoms with Crippen molar-refractivity contribution in [3.63, 3.8) is 0 Å². The van der Waals surface area contributed by atoms with Crippen LogP contribution in [0.5, 0.6) is 115 Å². The number of ether oxygens (including phenoxy) is 9. The lowest BCUT2D eigenvalue weighted by Gasteiger charge is -2.32. The molecule has 0 radical (unpaired) electrons. The van der Waals surface area contributed by atoms with Crippen molar-refractivity contribution in [3.05, 3.63) is 166 Å². The van der Waals surface area contributed by atoms with E-state index in [4.69, 9.17) is 42.6 Å². The molecule has 0 unspecified atom stereocenters. The van der Waals surface area contributed by atoms with Crippen molar-refractivity contribution in [2.24, 2.45) is 0 Å². The zero-order chi connectivity index (χ0) is 70.1. The van der Waals surface area contributed by atoms with Gasteiger partial charge in [-0.3, -0.25) is 0 Å².